The van der Waals surface area contributed by atoms with Crippen molar-refractivity contribution in [2.45, 2.75) is 13.5 Å². The van der Waals surface area contributed by atoms with Gasteiger partial charge in [-0.15, -0.1) is 0 Å². The Balaban J connectivity index is 1.86. The molecular formula is C13H11FN4O. The molecule has 3 aromatic rings. The van der Waals surface area contributed by atoms with E-state index in [4.69, 9.17) is 4.52 Å². The van der Waals surface area contributed by atoms with E-state index in [-0.39, 0.29) is 5.82 Å². The van der Waals surface area contributed by atoms with Gasteiger partial charge in [0.15, 0.2) is 5.82 Å². The van der Waals surface area contributed by atoms with Crippen molar-refractivity contribution >= 4 is 0 Å². The molecule has 0 aliphatic rings. The summed E-state index contributed by atoms with van der Waals surface area (Å²) in [6.07, 6.45) is 3.55. The molecule has 0 amide bonds. The smallest absolute Gasteiger partial charge is 0.258 e. The largest absolute Gasteiger partial charge is 0.334 e. The van der Waals surface area contributed by atoms with Gasteiger partial charge in [-0.3, -0.25) is 0 Å². The number of hydrogen-bond donors (Lipinski definition) is 0. The molecule has 0 aliphatic carbocycles. The third-order valence-electron chi connectivity index (χ3n) is 2.78. The highest BCUT2D eigenvalue weighted by atomic mass is 19.1. The van der Waals surface area contributed by atoms with Crippen molar-refractivity contribution in [3.05, 3.63) is 54.1 Å². The van der Waals surface area contributed by atoms with Crippen LogP contribution in [0.25, 0.3) is 11.5 Å². The first kappa shape index (κ1) is 11.6. The summed E-state index contributed by atoms with van der Waals surface area (Å²) in [7, 11) is 0. The van der Waals surface area contributed by atoms with Gasteiger partial charge in [-0.25, -0.2) is 9.37 Å². The Hall–Kier alpha value is -2.50. The fraction of sp³-hybridized carbons (Fsp3) is 0.154. The highest BCUT2D eigenvalue weighted by Gasteiger charge is 2.10. The maximum absolute atomic E-state index is 13.1. The normalized spacial score (nSPS) is 10.8. The maximum Gasteiger partial charge on any atom is 0.258 e. The zero-order valence-electron chi connectivity index (χ0n) is 10.2. The lowest BCUT2D eigenvalue weighted by atomic mass is 10.2. The Morgan fingerprint density at radius 2 is 2.26 bits per heavy atom. The second-order valence-electron chi connectivity index (χ2n) is 4.13. The third-order valence-corrected chi connectivity index (χ3v) is 2.78. The molecule has 0 N–H and O–H groups in total. The molecule has 0 unspecified atom stereocenters. The van der Waals surface area contributed by atoms with Crippen LogP contribution in [0.2, 0.25) is 0 Å². The fourth-order valence-corrected chi connectivity index (χ4v) is 1.78. The number of halogens is 1. The molecule has 19 heavy (non-hydrogen) atoms. The first-order valence-corrected chi connectivity index (χ1v) is 5.78. The van der Waals surface area contributed by atoms with Crippen LogP contribution in [0.1, 0.15) is 11.6 Å². The van der Waals surface area contributed by atoms with Crippen LogP contribution in [-0.4, -0.2) is 19.7 Å². The average Bonchev–Trinajstić information content (AvgIpc) is 3.00. The first-order valence-electron chi connectivity index (χ1n) is 5.78. The van der Waals surface area contributed by atoms with E-state index in [1.807, 2.05) is 17.7 Å². The topological polar surface area (TPSA) is 56.7 Å². The van der Waals surface area contributed by atoms with E-state index in [9.17, 15) is 4.39 Å². The minimum Gasteiger partial charge on any atom is -0.334 e. The van der Waals surface area contributed by atoms with E-state index in [2.05, 4.69) is 15.1 Å². The molecule has 0 radical (unpaired) electrons. The zero-order chi connectivity index (χ0) is 13.2. The molecule has 0 spiro atoms. The van der Waals surface area contributed by atoms with Crippen molar-refractivity contribution in [3.8, 4) is 11.5 Å². The minimum atomic E-state index is -0.331. The number of aromatic nitrogens is 4. The molecule has 96 valence electrons. The van der Waals surface area contributed by atoms with Gasteiger partial charge in [0.05, 0.1) is 6.54 Å². The van der Waals surface area contributed by atoms with Gasteiger partial charge >= 0.3 is 0 Å². The summed E-state index contributed by atoms with van der Waals surface area (Å²) in [6.45, 7) is 2.37. The van der Waals surface area contributed by atoms with Crippen LogP contribution in [0.5, 0.6) is 0 Å². The Kier molecular flexibility index (Phi) is 2.83. The van der Waals surface area contributed by atoms with Crippen LogP contribution >= 0.6 is 0 Å². The van der Waals surface area contributed by atoms with Crippen molar-refractivity contribution in [2.75, 3.05) is 0 Å². The summed E-state index contributed by atoms with van der Waals surface area (Å²) in [5.74, 6) is 1.38. The summed E-state index contributed by atoms with van der Waals surface area (Å²) >= 11 is 0. The lowest BCUT2D eigenvalue weighted by molar-refractivity contribution is 0.420. The molecule has 6 heteroatoms. The van der Waals surface area contributed by atoms with E-state index in [1.54, 1.807) is 18.3 Å². The van der Waals surface area contributed by atoms with Crippen molar-refractivity contribution in [2.24, 2.45) is 0 Å². The number of rotatable bonds is 3. The molecule has 2 heterocycles. The summed E-state index contributed by atoms with van der Waals surface area (Å²) in [6, 6.07) is 6.06. The molecular weight excluding hydrogens is 247 g/mol. The van der Waals surface area contributed by atoms with Gasteiger partial charge in [0, 0.05) is 18.0 Å². The second-order valence-corrected chi connectivity index (χ2v) is 4.13. The van der Waals surface area contributed by atoms with Gasteiger partial charge in [-0.1, -0.05) is 11.2 Å². The van der Waals surface area contributed by atoms with Crippen molar-refractivity contribution in [1.82, 2.24) is 19.7 Å². The molecule has 2 aromatic heterocycles. The van der Waals surface area contributed by atoms with Crippen LogP contribution in [0.3, 0.4) is 0 Å². The Morgan fingerprint density at radius 3 is 3.00 bits per heavy atom. The van der Waals surface area contributed by atoms with Gasteiger partial charge in [0.1, 0.15) is 11.6 Å². The summed E-state index contributed by atoms with van der Waals surface area (Å²) in [5, 5.41) is 3.88. The van der Waals surface area contributed by atoms with E-state index < -0.39 is 0 Å². The standard InChI is InChI=1S/C13H11FN4O/c1-9-15-5-6-18(9)8-12-16-13(19-17-12)10-3-2-4-11(14)7-10/h2-7H,8H2,1H3. The van der Waals surface area contributed by atoms with Crippen LogP contribution in [0, 0.1) is 12.7 Å². The van der Waals surface area contributed by atoms with Crippen LogP contribution in [-0.2, 0) is 6.54 Å². The molecule has 0 saturated carbocycles. The van der Waals surface area contributed by atoms with Gasteiger partial charge in [-0.2, -0.15) is 4.98 Å². The number of hydrogen-bond acceptors (Lipinski definition) is 4. The average molecular weight is 258 g/mol. The van der Waals surface area contributed by atoms with E-state index >= 15 is 0 Å². The summed E-state index contributed by atoms with van der Waals surface area (Å²) in [5.41, 5.74) is 0.570. The Morgan fingerprint density at radius 1 is 1.37 bits per heavy atom. The first-order chi connectivity index (χ1) is 9.22. The number of aryl methyl sites for hydroxylation is 1. The highest BCUT2D eigenvalue weighted by Crippen LogP contribution is 2.18. The monoisotopic (exact) mass is 258 g/mol. The second kappa shape index (κ2) is 4.64. The number of nitrogens with zero attached hydrogens (tertiary/aromatic N) is 4. The van der Waals surface area contributed by atoms with Crippen molar-refractivity contribution in [1.29, 1.82) is 0 Å². The van der Waals surface area contributed by atoms with E-state index in [0.29, 0.717) is 23.8 Å². The van der Waals surface area contributed by atoms with Crippen LogP contribution < -0.4 is 0 Å². The molecule has 0 aliphatic heterocycles. The molecule has 1 aromatic carbocycles. The predicted molar refractivity (Wildman–Crippen MR) is 65.8 cm³/mol. The Bertz CT molecular complexity index is 704. The van der Waals surface area contributed by atoms with Crippen LogP contribution in [0.15, 0.2) is 41.2 Å². The zero-order valence-corrected chi connectivity index (χ0v) is 10.2. The van der Waals surface area contributed by atoms with E-state index in [0.717, 1.165) is 5.82 Å². The van der Waals surface area contributed by atoms with Crippen molar-refractivity contribution < 1.29 is 8.91 Å². The van der Waals surface area contributed by atoms with E-state index in [1.165, 1.54) is 12.1 Å². The van der Waals surface area contributed by atoms with Gasteiger partial charge in [-0.05, 0) is 25.1 Å². The SMILES string of the molecule is Cc1nccn1Cc1noc(-c2cccc(F)c2)n1. The van der Waals surface area contributed by atoms with Gasteiger partial charge < -0.3 is 9.09 Å². The molecule has 3 rings (SSSR count). The molecule has 0 fully saturated rings. The Labute approximate surface area is 108 Å². The maximum atomic E-state index is 13.1. The lowest BCUT2D eigenvalue weighted by Gasteiger charge is -1.98. The summed E-state index contributed by atoms with van der Waals surface area (Å²) in [4.78, 5) is 8.36. The highest BCUT2D eigenvalue weighted by molar-refractivity contribution is 5.52. The number of benzene rings is 1. The molecule has 0 saturated heterocycles. The molecule has 0 atom stereocenters. The summed E-state index contributed by atoms with van der Waals surface area (Å²) < 4.78 is 20.2. The number of imidazole rings is 1. The molecule has 0 bridgehead atoms. The van der Waals surface area contributed by atoms with Crippen molar-refractivity contribution in [3.63, 3.8) is 0 Å². The minimum absolute atomic E-state index is 0.312. The van der Waals surface area contributed by atoms with Gasteiger partial charge in [0.25, 0.3) is 5.89 Å². The lowest BCUT2D eigenvalue weighted by Crippen LogP contribution is -2.02. The predicted octanol–water partition coefficient (Wildman–Crippen LogP) is 2.43. The fourth-order valence-electron chi connectivity index (χ4n) is 1.78. The van der Waals surface area contributed by atoms with Crippen LogP contribution in [0.4, 0.5) is 4.39 Å². The quantitative estimate of drug-likeness (QED) is 0.724. The van der Waals surface area contributed by atoms with Gasteiger partial charge in [0.2, 0.25) is 0 Å². The molecule has 5 nitrogen and oxygen atoms in total. The third kappa shape index (κ3) is 2.37.